The van der Waals surface area contributed by atoms with E-state index in [0.717, 1.165) is 112 Å². The quantitative estimate of drug-likeness (QED) is 0.0397. The number of rotatable bonds is 23. The number of nitriles is 6. The lowest BCUT2D eigenvalue weighted by Crippen LogP contribution is -2.25. The van der Waals surface area contributed by atoms with Gasteiger partial charge in [-0.1, -0.05) is 108 Å². The van der Waals surface area contributed by atoms with Crippen molar-refractivity contribution in [2.24, 2.45) is 0 Å². The summed E-state index contributed by atoms with van der Waals surface area (Å²) in [6, 6.07) is 32.4. The predicted molar refractivity (Wildman–Crippen MR) is 370 cm³/mol. The molecular formula is C76H93N9O7. The molecule has 0 amide bonds. The van der Waals surface area contributed by atoms with Gasteiger partial charge in [0.15, 0.2) is 22.7 Å². The highest BCUT2D eigenvalue weighted by Crippen LogP contribution is 2.41. The average molecular weight is 1240 g/mol. The predicted octanol–water partition coefficient (Wildman–Crippen LogP) is 17.7. The van der Waals surface area contributed by atoms with Gasteiger partial charge in [-0.15, -0.1) is 0 Å². The summed E-state index contributed by atoms with van der Waals surface area (Å²) in [7, 11) is 3.45. The molecule has 2 aliphatic heterocycles. The summed E-state index contributed by atoms with van der Waals surface area (Å²) in [4.78, 5) is 25.1. The normalized spacial score (nSPS) is 13.2. The average Bonchev–Trinajstić information content (AvgIpc) is 1.70. The molecule has 0 aromatic heterocycles. The minimum absolute atomic E-state index is 0. The molecule has 6 rings (SSSR count). The molecule has 484 valence electrons. The van der Waals surface area contributed by atoms with Crippen LogP contribution in [0, 0.1) is 95.7 Å². The molecule has 16 heteroatoms. The molecule has 0 aliphatic carbocycles. The van der Waals surface area contributed by atoms with Crippen LogP contribution in [0.4, 0.5) is 11.4 Å². The number of carboxylic acid groups (broad SMARTS) is 1. The molecule has 0 saturated carbocycles. The third-order valence-electron chi connectivity index (χ3n) is 15.5. The van der Waals surface area contributed by atoms with E-state index in [4.69, 9.17) is 44.6 Å². The molecule has 0 atom stereocenters. The van der Waals surface area contributed by atoms with Crippen LogP contribution in [0.25, 0.3) is 30.4 Å². The Kier molecular flexibility index (Phi) is 32.6. The highest BCUT2D eigenvalue weighted by Gasteiger charge is 2.39. The molecule has 16 nitrogen and oxygen atoms in total. The van der Waals surface area contributed by atoms with Crippen molar-refractivity contribution in [3.8, 4) is 47.9 Å². The molecule has 2 heterocycles. The summed E-state index contributed by atoms with van der Waals surface area (Å²) >= 11 is 0. The second-order valence-electron chi connectivity index (χ2n) is 23.1. The van der Waals surface area contributed by atoms with E-state index in [1.54, 1.807) is 47.1 Å². The minimum atomic E-state index is -0.848. The van der Waals surface area contributed by atoms with Crippen molar-refractivity contribution in [2.75, 3.05) is 50.2 Å². The zero-order valence-electron chi connectivity index (χ0n) is 57.0. The topological polar surface area (TPSA) is 276 Å². The minimum Gasteiger partial charge on any atom is -0.496 e. The van der Waals surface area contributed by atoms with E-state index in [1.165, 1.54) is 62.7 Å². The monoisotopic (exact) mass is 1240 g/mol. The lowest BCUT2D eigenvalue weighted by atomic mass is 9.93. The number of hydrogen-bond acceptors (Lipinski definition) is 15. The molecule has 0 spiro atoms. The van der Waals surface area contributed by atoms with E-state index in [1.807, 2.05) is 64.1 Å². The smallest absolute Gasteiger partial charge is 0.300 e. The van der Waals surface area contributed by atoms with Gasteiger partial charge in [0.2, 0.25) is 0 Å². The maximum absolute atomic E-state index is 11.1. The Morgan fingerprint density at radius 3 is 1.15 bits per heavy atom. The molecule has 2 aliphatic rings. The van der Waals surface area contributed by atoms with Crippen LogP contribution in [0.3, 0.4) is 0 Å². The number of ether oxygens (including phenoxy) is 4. The van der Waals surface area contributed by atoms with Crippen molar-refractivity contribution in [3.63, 3.8) is 0 Å². The number of nitrogens with zero attached hydrogens (tertiary/aromatic N) is 8. The molecule has 4 aromatic carbocycles. The van der Waals surface area contributed by atoms with Crippen LogP contribution in [-0.4, -0.2) is 69.0 Å². The van der Waals surface area contributed by atoms with E-state index in [-0.39, 0.29) is 40.0 Å². The number of aldehydes is 1. The van der Waals surface area contributed by atoms with Gasteiger partial charge >= 0.3 is 0 Å². The van der Waals surface area contributed by atoms with Crippen LogP contribution < -0.4 is 25.4 Å². The summed E-state index contributed by atoms with van der Waals surface area (Å²) in [6.07, 6.45) is 22.6. The molecular weight excluding hydrogens is 1150 g/mol. The molecule has 0 unspecified atom stereocenters. The van der Waals surface area contributed by atoms with Crippen LogP contribution in [0.1, 0.15) is 181 Å². The number of methoxy groups -OCH3 is 2. The van der Waals surface area contributed by atoms with Crippen LogP contribution >= 0.6 is 0 Å². The van der Waals surface area contributed by atoms with Crippen LogP contribution in [0.2, 0.25) is 0 Å². The first-order valence-corrected chi connectivity index (χ1v) is 30.9. The number of carboxylic acids is 1. The summed E-state index contributed by atoms with van der Waals surface area (Å²) < 4.78 is 22.8. The van der Waals surface area contributed by atoms with E-state index in [2.05, 4.69) is 136 Å². The van der Waals surface area contributed by atoms with Gasteiger partial charge < -0.3 is 40.0 Å². The number of allylic oxidation sites excluding steroid dienone is 4. The van der Waals surface area contributed by atoms with Crippen LogP contribution in [0.5, 0.6) is 11.5 Å². The highest BCUT2D eigenvalue weighted by atomic mass is 16.5. The first-order valence-electron chi connectivity index (χ1n) is 30.9. The first kappa shape index (κ1) is 78.0. The number of unbranched alkanes of at least 4 members (excludes halogenated alkanes) is 4. The lowest BCUT2D eigenvalue weighted by molar-refractivity contribution is -0.134. The highest BCUT2D eigenvalue weighted by molar-refractivity contribution is 5.82. The summed E-state index contributed by atoms with van der Waals surface area (Å²) in [5.74, 6) is 1.05. The Morgan fingerprint density at radius 1 is 0.511 bits per heavy atom. The van der Waals surface area contributed by atoms with Gasteiger partial charge in [0.25, 0.3) is 5.97 Å². The molecule has 0 bridgehead atoms. The van der Waals surface area contributed by atoms with E-state index < -0.39 is 17.2 Å². The van der Waals surface area contributed by atoms with E-state index in [0.29, 0.717) is 5.57 Å². The number of hydrogen-bond donors (Lipinski definition) is 2. The zero-order valence-corrected chi connectivity index (χ0v) is 57.0. The number of aryl methyl sites for hydroxylation is 4. The Hall–Kier alpha value is -10.1. The Morgan fingerprint density at radius 2 is 0.826 bits per heavy atom. The zero-order chi connectivity index (χ0) is 68.0. The molecule has 92 heavy (non-hydrogen) atoms. The Balaban J connectivity index is 0.000000503. The van der Waals surface area contributed by atoms with Gasteiger partial charge in [0, 0.05) is 78.9 Å². The van der Waals surface area contributed by atoms with Crippen molar-refractivity contribution in [1.29, 1.82) is 31.6 Å². The van der Waals surface area contributed by atoms with Crippen molar-refractivity contribution in [1.82, 2.24) is 6.15 Å². The fourth-order valence-corrected chi connectivity index (χ4v) is 9.90. The SMILES string of the molecule is CC(=O)O.CC1=C(C#N)C(=C(C#N)C#N)OC1(C)C.CCCCN(CCCC)c1ccc(/C=C/c2cc(C)c(/C=C/C3=C(C#N)C(=C(C#N)C#N)OC3(C)C)cc2C)c(OC)c1.CCCCN(CCCC)c1ccc(/C=C/c2cc(C)c(C=O)cc2C)c(OC)c1.N. The van der Waals surface area contributed by atoms with Crippen molar-refractivity contribution in [2.45, 2.75) is 160 Å². The number of carbonyl (C=O) groups is 2. The standard InChI is InChI=1S/C37H42N4O2.C26H35NO2.C11H9N3O.C2H4O2.H3N/c1-8-10-18-41(19-11-9-2)32-16-14-28(35(22-32)42-7)12-13-29-20-27(4)30(21-26(29)3)15-17-34-33(25-40)36(31(23-38)24-39)43-37(34,5)6;1-6-8-14-27(15-9-7-2)25-13-12-22(26(18-25)29-5)10-11-23-16-21(4)24(19-28)17-20(23)3;1-7-9(6-14)10(8(4-12)5-13)15-11(7,2)3;1-2(3)4;/h12-17,20-22H,8-11,18-19H2,1-7H3;10-13,16-19H,6-9,14-15H2,1-5H3;1-3H3;1H3,(H,3,4);1H3/b13-12+,17-15+;11-10+;;;. The van der Waals surface area contributed by atoms with Gasteiger partial charge in [-0.25, -0.2) is 0 Å². The molecule has 4 aromatic rings. The van der Waals surface area contributed by atoms with Gasteiger partial charge in [0.05, 0.1) is 19.8 Å². The molecule has 0 fully saturated rings. The summed E-state index contributed by atoms with van der Waals surface area (Å²) in [5.41, 5.74) is 12.8. The number of anilines is 2. The molecule has 0 radical (unpaired) electrons. The molecule has 0 saturated heterocycles. The van der Waals surface area contributed by atoms with Gasteiger partial charge in [-0.2, -0.15) is 31.6 Å². The van der Waals surface area contributed by atoms with E-state index >= 15 is 0 Å². The van der Waals surface area contributed by atoms with Gasteiger partial charge in [0.1, 0.15) is 71.0 Å². The second-order valence-corrected chi connectivity index (χ2v) is 23.1. The van der Waals surface area contributed by atoms with Gasteiger partial charge in [-0.3, -0.25) is 9.59 Å². The third-order valence-corrected chi connectivity index (χ3v) is 15.5. The summed E-state index contributed by atoms with van der Waals surface area (Å²) in [6.45, 7) is 31.4. The number of aliphatic carboxylic acids is 1. The maximum Gasteiger partial charge on any atom is 0.300 e. The summed E-state index contributed by atoms with van der Waals surface area (Å²) in [5, 5.41) is 62.2. The number of benzene rings is 4. The van der Waals surface area contributed by atoms with Crippen LogP contribution in [-0.2, 0) is 14.3 Å². The number of carbonyl (C=O) groups excluding carboxylic acids is 1. The fraction of sp³-hybridized carbons (Fsp3) is 0.395. The van der Waals surface area contributed by atoms with Gasteiger partial charge in [-0.05, 0) is 163 Å². The van der Waals surface area contributed by atoms with Crippen molar-refractivity contribution >= 4 is 54.0 Å². The Labute approximate surface area is 547 Å². The van der Waals surface area contributed by atoms with Crippen molar-refractivity contribution in [3.05, 3.63) is 167 Å². The lowest BCUT2D eigenvalue weighted by Gasteiger charge is -2.25. The Bertz CT molecular complexity index is 3690. The van der Waals surface area contributed by atoms with E-state index in [9.17, 15) is 20.6 Å². The second kappa shape index (κ2) is 38.4. The third kappa shape index (κ3) is 21.8. The van der Waals surface area contributed by atoms with Crippen LogP contribution in [0.15, 0.2) is 112 Å². The van der Waals surface area contributed by atoms with Crippen molar-refractivity contribution < 1.29 is 33.6 Å². The maximum atomic E-state index is 11.1. The largest absolute Gasteiger partial charge is 0.496 e. The molecule has 4 N–H and O–H groups in total. The first-order chi connectivity index (χ1) is 43.4. The fourth-order valence-electron chi connectivity index (χ4n) is 9.90.